The molecular weight excluding hydrogens is 314 g/mol. The van der Waals surface area contributed by atoms with E-state index in [4.69, 9.17) is 4.52 Å². The number of carbonyl (C=O) groups is 2. The van der Waals surface area contributed by atoms with Crippen molar-refractivity contribution in [1.82, 2.24) is 15.4 Å². The fraction of sp³-hybridized carbons (Fsp3) is 0.438. The summed E-state index contributed by atoms with van der Waals surface area (Å²) in [6.07, 6.45) is 0. The summed E-state index contributed by atoms with van der Waals surface area (Å²) < 4.78 is 5.01. The number of aromatic nitrogens is 1. The summed E-state index contributed by atoms with van der Waals surface area (Å²) in [5.41, 5.74) is 0.686. The van der Waals surface area contributed by atoms with E-state index in [2.05, 4.69) is 10.5 Å². The van der Waals surface area contributed by atoms with E-state index in [-0.39, 0.29) is 17.7 Å². The molecule has 124 valence electrons. The third-order valence-corrected chi connectivity index (χ3v) is 4.29. The molecule has 23 heavy (non-hydrogen) atoms. The zero-order chi connectivity index (χ0) is 17.0. The normalized spacial score (nSPS) is 12.2. The lowest BCUT2D eigenvalue weighted by Crippen LogP contribution is -2.49. The van der Waals surface area contributed by atoms with Crippen LogP contribution in [0.4, 0.5) is 0 Å². The van der Waals surface area contributed by atoms with E-state index in [0.717, 1.165) is 0 Å². The molecule has 0 aliphatic heterocycles. The second-order valence-corrected chi connectivity index (χ2v) is 6.74. The Morgan fingerprint density at radius 3 is 2.70 bits per heavy atom. The number of rotatable bonds is 6. The fourth-order valence-corrected chi connectivity index (χ4v) is 2.81. The van der Waals surface area contributed by atoms with Crippen molar-refractivity contribution in [3.8, 4) is 0 Å². The van der Waals surface area contributed by atoms with Crippen LogP contribution in [0.5, 0.6) is 0 Å². The van der Waals surface area contributed by atoms with Gasteiger partial charge < -0.3 is 14.7 Å². The molecule has 0 saturated carbocycles. The van der Waals surface area contributed by atoms with Crippen LogP contribution < -0.4 is 5.32 Å². The smallest absolute Gasteiger partial charge is 0.262 e. The molecule has 0 bridgehead atoms. The molecule has 1 N–H and O–H groups in total. The van der Waals surface area contributed by atoms with Crippen molar-refractivity contribution in [1.29, 1.82) is 0 Å². The Morgan fingerprint density at radius 1 is 1.43 bits per heavy atom. The highest BCUT2D eigenvalue weighted by Crippen LogP contribution is 2.13. The predicted octanol–water partition coefficient (Wildman–Crippen LogP) is 2.46. The number of thiophene rings is 1. The van der Waals surface area contributed by atoms with Crippen molar-refractivity contribution in [3.63, 3.8) is 0 Å². The summed E-state index contributed by atoms with van der Waals surface area (Å²) in [5.74, 6) is 0.309. The Kier molecular flexibility index (Phi) is 5.54. The van der Waals surface area contributed by atoms with E-state index < -0.39 is 6.04 Å². The molecule has 2 aromatic rings. The molecule has 1 unspecified atom stereocenters. The lowest BCUT2D eigenvalue weighted by atomic mass is 10.0. The minimum Gasteiger partial charge on any atom is -0.361 e. The third-order valence-electron chi connectivity index (χ3n) is 3.42. The SMILES string of the molecule is Cc1cc(CN(C)C(=O)C(NC(=O)c2cccs2)C(C)C)no1. The first-order valence-electron chi connectivity index (χ1n) is 7.40. The highest BCUT2D eigenvalue weighted by Gasteiger charge is 2.28. The maximum absolute atomic E-state index is 12.7. The van der Waals surface area contributed by atoms with Crippen LogP contribution in [-0.4, -0.2) is 35.0 Å². The van der Waals surface area contributed by atoms with E-state index in [1.165, 1.54) is 11.3 Å². The van der Waals surface area contributed by atoms with E-state index in [9.17, 15) is 9.59 Å². The van der Waals surface area contributed by atoms with Gasteiger partial charge in [-0.1, -0.05) is 25.1 Å². The highest BCUT2D eigenvalue weighted by atomic mass is 32.1. The maximum Gasteiger partial charge on any atom is 0.262 e. The van der Waals surface area contributed by atoms with Crippen LogP contribution in [0.3, 0.4) is 0 Å². The molecule has 2 aromatic heterocycles. The standard InChI is InChI=1S/C16H21N3O3S/c1-10(2)14(17-15(20)13-6-5-7-23-13)16(21)19(4)9-12-8-11(3)22-18-12/h5-8,10,14H,9H2,1-4H3,(H,17,20). The number of hydrogen-bond acceptors (Lipinski definition) is 5. The molecule has 0 aliphatic rings. The summed E-state index contributed by atoms with van der Waals surface area (Å²) in [5, 5.41) is 8.55. The van der Waals surface area contributed by atoms with Crippen LogP contribution in [0.2, 0.25) is 0 Å². The van der Waals surface area contributed by atoms with E-state index in [1.807, 2.05) is 25.3 Å². The molecule has 0 saturated heterocycles. The number of nitrogens with one attached hydrogen (secondary N) is 1. The Balaban J connectivity index is 2.04. The summed E-state index contributed by atoms with van der Waals surface area (Å²) in [6.45, 7) is 5.96. The van der Waals surface area contributed by atoms with Crippen molar-refractivity contribution in [2.24, 2.45) is 5.92 Å². The quantitative estimate of drug-likeness (QED) is 0.880. The van der Waals surface area contributed by atoms with Gasteiger partial charge in [-0.15, -0.1) is 11.3 Å². The summed E-state index contributed by atoms with van der Waals surface area (Å²) in [7, 11) is 1.69. The molecule has 2 amide bonds. The average Bonchev–Trinajstić information content (AvgIpc) is 3.15. The van der Waals surface area contributed by atoms with Gasteiger partial charge >= 0.3 is 0 Å². The van der Waals surface area contributed by atoms with Crippen LogP contribution in [-0.2, 0) is 11.3 Å². The van der Waals surface area contributed by atoms with Gasteiger partial charge in [-0.25, -0.2) is 0 Å². The lowest BCUT2D eigenvalue weighted by Gasteiger charge is -2.26. The molecule has 0 aromatic carbocycles. The van der Waals surface area contributed by atoms with Crippen LogP contribution in [0.1, 0.15) is 35.0 Å². The van der Waals surface area contributed by atoms with Gasteiger partial charge in [-0.05, 0) is 24.3 Å². The summed E-state index contributed by atoms with van der Waals surface area (Å²) >= 11 is 1.35. The van der Waals surface area contributed by atoms with Crippen LogP contribution in [0.25, 0.3) is 0 Å². The number of aryl methyl sites for hydroxylation is 1. The highest BCUT2D eigenvalue weighted by molar-refractivity contribution is 7.12. The van der Waals surface area contributed by atoms with Gasteiger partial charge in [0.15, 0.2) is 0 Å². The Morgan fingerprint density at radius 2 is 2.17 bits per heavy atom. The fourth-order valence-electron chi connectivity index (χ4n) is 2.18. The average molecular weight is 335 g/mol. The molecule has 7 heteroatoms. The number of likely N-dealkylation sites (N-methyl/N-ethyl adjacent to an activating group) is 1. The molecule has 6 nitrogen and oxygen atoms in total. The van der Waals surface area contributed by atoms with Crippen molar-refractivity contribution in [3.05, 3.63) is 39.9 Å². The number of carbonyl (C=O) groups excluding carboxylic acids is 2. The Bertz CT molecular complexity index is 664. The first-order valence-corrected chi connectivity index (χ1v) is 8.28. The maximum atomic E-state index is 12.7. The van der Waals surface area contributed by atoms with Crippen molar-refractivity contribution >= 4 is 23.2 Å². The van der Waals surface area contributed by atoms with Gasteiger partial charge in [0.1, 0.15) is 17.5 Å². The van der Waals surface area contributed by atoms with Gasteiger partial charge in [-0.2, -0.15) is 0 Å². The minimum absolute atomic E-state index is 0.0205. The first-order chi connectivity index (χ1) is 10.9. The van der Waals surface area contributed by atoms with Gasteiger partial charge in [0.2, 0.25) is 5.91 Å². The van der Waals surface area contributed by atoms with Crippen LogP contribution in [0.15, 0.2) is 28.1 Å². The minimum atomic E-state index is -0.581. The molecular formula is C16H21N3O3S. The molecule has 0 radical (unpaired) electrons. The molecule has 2 rings (SSSR count). The molecule has 0 spiro atoms. The lowest BCUT2D eigenvalue weighted by molar-refractivity contribution is -0.133. The largest absolute Gasteiger partial charge is 0.361 e. The second-order valence-electron chi connectivity index (χ2n) is 5.80. The molecule has 2 heterocycles. The van der Waals surface area contributed by atoms with Gasteiger partial charge in [0.05, 0.1) is 11.4 Å². The van der Waals surface area contributed by atoms with Crippen molar-refractivity contribution in [2.45, 2.75) is 33.4 Å². The number of nitrogens with zero attached hydrogens (tertiary/aromatic N) is 2. The van der Waals surface area contributed by atoms with Crippen molar-refractivity contribution in [2.75, 3.05) is 7.05 Å². The number of hydrogen-bond donors (Lipinski definition) is 1. The summed E-state index contributed by atoms with van der Waals surface area (Å²) in [4.78, 5) is 27.0. The molecule has 0 fully saturated rings. The molecule has 1 atom stereocenters. The summed E-state index contributed by atoms with van der Waals surface area (Å²) in [6, 6.07) is 4.76. The third kappa shape index (κ3) is 4.41. The number of amides is 2. The van der Waals surface area contributed by atoms with Crippen LogP contribution in [0, 0.1) is 12.8 Å². The van der Waals surface area contributed by atoms with E-state index in [1.54, 1.807) is 31.0 Å². The second kappa shape index (κ2) is 7.41. The van der Waals surface area contributed by atoms with Crippen molar-refractivity contribution < 1.29 is 14.1 Å². The van der Waals surface area contributed by atoms with Gasteiger partial charge in [0, 0.05) is 13.1 Å². The van der Waals surface area contributed by atoms with E-state index >= 15 is 0 Å². The predicted molar refractivity (Wildman–Crippen MR) is 88.1 cm³/mol. The van der Waals surface area contributed by atoms with Gasteiger partial charge in [0.25, 0.3) is 5.91 Å². The first kappa shape index (κ1) is 17.2. The monoisotopic (exact) mass is 335 g/mol. The zero-order valence-corrected chi connectivity index (χ0v) is 14.5. The van der Waals surface area contributed by atoms with Crippen LogP contribution >= 0.6 is 11.3 Å². The topological polar surface area (TPSA) is 75.4 Å². The Labute approximate surface area is 139 Å². The Hall–Kier alpha value is -2.15. The zero-order valence-electron chi connectivity index (χ0n) is 13.7. The van der Waals surface area contributed by atoms with E-state index in [0.29, 0.717) is 22.9 Å². The van der Waals surface area contributed by atoms with Gasteiger partial charge in [-0.3, -0.25) is 9.59 Å². The molecule has 0 aliphatic carbocycles.